The number of rotatable bonds is 8. The van der Waals surface area contributed by atoms with E-state index < -0.39 is 17.5 Å². The number of H-pyrrole nitrogens is 1. The lowest BCUT2D eigenvalue weighted by molar-refractivity contribution is -0.899. The Hall–Kier alpha value is -4.45. The number of nitrogens with two attached hydrogens (primary N) is 1. The van der Waals surface area contributed by atoms with Crippen molar-refractivity contribution in [1.29, 1.82) is 0 Å². The number of pyridine rings is 1. The number of aromatic nitrogens is 4. The molecule has 12 heteroatoms. The number of hydrogen-bond donors (Lipinski definition) is 4. The summed E-state index contributed by atoms with van der Waals surface area (Å²) < 4.78 is 27.7. The van der Waals surface area contributed by atoms with Crippen LogP contribution in [0.15, 0.2) is 65.6 Å². The lowest BCUT2D eigenvalue weighted by Gasteiger charge is -2.20. The van der Waals surface area contributed by atoms with Gasteiger partial charge in [-0.25, -0.2) is 9.18 Å². The zero-order chi connectivity index (χ0) is 25.1. The molecule has 0 amide bonds. The first-order valence-corrected chi connectivity index (χ1v) is 10.7. The molecule has 35 heavy (non-hydrogen) atoms. The third-order valence-electron chi connectivity index (χ3n) is 5.23. The first-order valence-electron chi connectivity index (χ1n) is 10.3. The lowest BCUT2D eigenvalue weighted by atomic mass is 10.0. The second kappa shape index (κ2) is 9.81. The molecule has 0 spiro atoms. The predicted molar refractivity (Wildman–Crippen MR) is 129 cm³/mol. The Labute approximate surface area is 204 Å². The summed E-state index contributed by atoms with van der Waals surface area (Å²) >= 11 is 5.00. The van der Waals surface area contributed by atoms with Crippen molar-refractivity contribution in [2.75, 3.05) is 19.5 Å². The fraction of sp³-hybridized carbons (Fsp3) is 0.130. The van der Waals surface area contributed by atoms with Crippen LogP contribution in [0.1, 0.15) is 23.0 Å². The summed E-state index contributed by atoms with van der Waals surface area (Å²) in [6.45, 7) is 0. The highest BCUT2D eigenvalue weighted by molar-refractivity contribution is 7.80. The van der Waals surface area contributed by atoms with E-state index in [2.05, 4.69) is 15.4 Å². The molecule has 2 heterocycles. The van der Waals surface area contributed by atoms with E-state index in [9.17, 15) is 10.0 Å². The molecule has 0 aliphatic heterocycles. The molecule has 10 nitrogen and oxygen atoms in total. The topological polar surface area (TPSA) is 131 Å². The maximum atomic E-state index is 15.5. The van der Waals surface area contributed by atoms with Gasteiger partial charge >= 0.3 is 11.5 Å². The molecule has 4 aromatic rings. The predicted octanol–water partition coefficient (Wildman–Crippen LogP) is 2.08. The van der Waals surface area contributed by atoms with Crippen LogP contribution in [0, 0.1) is 5.82 Å². The Bertz CT molecular complexity index is 1440. The minimum atomic E-state index is -0.987. The number of aromatic amines is 1. The molecule has 4 rings (SSSR count). The molecule has 1 unspecified atom stereocenters. The standard InChI is InChI=1S/C23H21FN6O4S/c1-33-15-11-16(19(24)17(12-15)34-2)20(26-14-8-6-13(7-9-14)21(25)35)22-27-23(31)30(28-22)18-5-3-4-10-29(18)32/h3-12,20H,1-2H3,(H4-,25,26,27,28,31,32,35)/p+1. The van der Waals surface area contributed by atoms with Crippen LogP contribution in [0.25, 0.3) is 5.82 Å². The maximum absolute atomic E-state index is 15.5. The summed E-state index contributed by atoms with van der Waals surface area (Å²) in [5, 5.41) is 17.6. The number of anilines is 1. The summed E-state index contributed by atoms with van der Waals surface area (Å²) in [4.78, 5) is 15.6. The number of ether oxygens (including phenoxy) is 2. The normalized spacial score (nSPS) is 11.6. The van der Waals surface area contributed by atoms with E-state index in [1.54, 1.807) is 36.4 Å². The van der Waals surface area contributed by atoms with E-state index in [1.807, 2.05) is 0 Å². The van der Waals surface area contributed by atoms with Gasteiger partial charge in [-0.1, -0.05) is 23.4 Å². The minimum Gasteiger partial charge on any atom is -0.497 e. The van der Waals surface area contributed by atoms with Gasteiger partial charge in [0.2, 0.25) is 0 Å². The van der Waals surface area contributed by atoms with Crippen molar-refractivity contribution in [1.82, 2.24) is 14.8 Å². The number of nitrogens with one attached hydrogen (secondary N) is 2. The van der Waals surface area contributed by atoms with E-state index in [1.165, 1.54) is 38.6 Å². The van der Waals surface area contributed by atoms with Gasteiger partial charge in [0.25, 0.3) is 0 Å². The van der Waals surface area contributed by atoms with E-state index >= 15 is 4.39 Å². The SMILES string of the molecule is COc1cc(OC)c(F)c(C(Nc2ccc(C(N)=S)cc2)c2nn(-c3cccc[n+]3O)c(=O)[nH]2)c1. The molecule has 1 atom stereocenters. The zero-order valence-corrected chi connectivity index (χ0v) is 19.5. The third kappa shape index (κ3) is 4.77. The van der Waals surface area contributed by atoms with Crippen LogP contribution in [0.5, 0.6) is 11.5 Å². The first kappa shape index (κ1) is 23.7. The van der Waals surface area contributed by atoms with Crippen molar-refractivity contribution < 1.29 is 23.8 Å². The van der Waals surface area contributed by atoms with Crippen LogP contribution in [-0.2, 0) is 0 Å². The molecule has 0 bridgehead atoms. The first-order chi connectivity index (χ1) is 16.8. The number of thiocarbonyl (C=S) groups is 1. The van der Waals surface area contributed by atoms with Gasteiger partial charge in [0, 0.05) is 28.9 Å². The van der Waals surface area contributed by atoms with Crippen LogP contribution in [0.3, 0.4) is 0 Å². The molecular weight excluding hydrogens is 475 g/mol. The average Bonchev–Trinajstić information content (AvgIpc) is 3.24. The van der Waals surface area contributed by atoms with Gasteiger partial charge in [-0.2, -0.15) is 0 Å². The van der Waals surface area contributed by atoms with Crippen molar-refractivity contribution >= 4 is 22.9 Å². The van der Waals surface area contributed by atoms with Gasteiger partial charge in [-0.3, -0.25) is 4.98 Å². The maximum Gasteiger partial charge on any atom is 0.440 e. The van der Waals surface area contributed by atoms with Gasteiger partial charge in [0.15, 0.2) is 17.4 Å². The van der Waals surface area contributed by atoms with Crippen LogP contribution in [0.4, 0.5) is 10.1 Å². The van der Waals surface area contributed by atoms with Gasteiger partial charge in [0.05, 0.1) is 14.2 Å². The van der Waals surface area contributed by atoms with Crippen LogP contribution in [0.2, 0.25) is 0 Å². The van der Waals surface area contributed by atoms with Gasteiger partial charge in [0.1, 0.15) is 23.0 Å². The Morgan fingerprint density at radius 3 is 2.60 bits per heavy atom. The van der Waals surface area contributed by atoms with E-state index in [0.29, 0.717) is 17.0 Å². The Morgan fingerprint density at radius 1 is 1.23 bits per heavy atom. The monoisotopic (exact) mass is 497 g/mol. The largest absolute Gasteiger partial charge is 0.497 e. The molecule has 5 N–H and O–H groups in total. The van der Waals surface area contributed by atoms with Crippen molar-refractivity contribution in [3.05, 3.63) is 94.0 Å². The van der Waals surface area contributed by atoms with Crippen LogP contribution < -0.4 is 30.9 Å². The van der Waals surface area contributed by atoms with E-state index in [0.717, 1.165) is 9.41 Å². The smallest absolute Gasteiger partial charge is 0.440 e. The highest BCUT2D eigenvalue weighted by Gasteiger charge is 2.29. The number of hydrogen-bond acceptors (Lipinski definition) is 7. The molecule has 0 aliphatic rings. The fourth-order valence-electron chi connectivity index (χ4n) is 3.48. The van der Waals surface area contributed by atoms with Gasteiger partial charge in [-0.05, 0) is 45.8 Å². The summed E-state index contributed by atoms with van der Waals surface area (Å²) in [7, 11) is 2.78. The quantitative estimate of drug-likeness (QED) is 0.165. The Kier molecular flexibility index (Phi) is 6.64. The summed E-state index contributed by atoms with van der Waals surface area (Å²) in [5.41, 5.74) is 6.37. The third-order valence-corrected chi connectivity index (χ3v) is 5.47. The Morgan fingerprint density at radius 2 is 1.97 bits per heavy atom. The highest BCUT2D eigenvalue weighted by Crippen LogP contribution is 2.34. The van der Waals surface area contributed by atoms with Crippen molar-refractivity contribution in [2.45, 2.75) is 6.04 Å². The molecule has 0 radical (unpaired) electrons. The summed E-state index contributed by atoms with van der Waals surface area (Å²) in [6, 6.07) is 13.5. The van der Waals surface area contributed by atoms with Crippen molar-refractivity contribution in [3.63, 3.8) is 0 Å². The number of halogens is 1. The second-order valence-electron chi connectivity index (χ2n) is 7.38. The summed E-state index contributed by atoms with van der Waals surface area (Å²) in [5.74, 6) is -0.215. The van der Waals surface area contributed by atoms with E-state index in [-0.39, 0.29) is 27.9 Å². The molecular formula is C23H22FN6O4S+. The van der Waals surface area contributed by atoms with Crippen LogP contribution in [-0.4, -0.2) is 39.2 Å². The van der Waals surface area contributed by atoms with Gasteiger partial charge in [-0.15, -0.1) is 0 Å². The van der Waals surface area contributed by atoms with Crippen molar-refractivity contribution in [2.24, 2.45) is 5.73 Å². The fourth-order valence-corrected chi connectivity index (χ4v) is 3.62. The number of methoxy groups -OCH3 is 2. The molecule has 180 valence electrons. The number of nitrogens with zero attached hydrogens (tertiary/aromatic N) is 3. The number of benzene rings is 2. The second-order valence-corrected chi connectivity index (χ2v) is 7.82. The highest BCUT2D eigenvalue weighted by atomic mass is 32.1. The minimum absolute atomic E-state index is 0.0481. The molecule has 2 aromatic heterocycles. The lowest BCUT2D eigenvalue weighted by Crippen LogP contribution is -2.38. The van der Waals surface area contributed by atoms with Crippen LogP contribution >= 0.6 is 12.2 Å². The molecule has 0 saturated heterocycles. The Balaban J connectivity index is 1.86. The average molecular weight is 498 g/mol. The van der Waals surface area contributed by atoms with E-state index in [4.69, 9.17) is 27.4 Å². The molecule has 2 aromatic carbocycles. The van der Waals surface area contributed by atoms with Crippen molar-refractivity contribution in [3.8, 4) is 17.3 Å². The molecule has 0 fully saturated rings. The molecule has 0 aliphatic carbocycles. The summed E-state index contributed by atoms with van der Waals surface area (Å²) in [6.07, 6.45) is 1.35. The zero-order valence-electron chi connectivity index (χ0n) is 18.7. The van der Waals surface area contributed by atoms with Gasteiger partial charge < -0.3 is 25.7 Å². The molecule has 0 saturated carbocycles.